The molecule has 0 saturated carbocycles. The first-order chi connectivity index (χ1) is 10.3. The molecule has 2 aromatic rings. The molecule has 0 bridgehead atoms. The number of methoxy groups -OCH3 is 2. The van der Waals surface area contributed by atoms with Gasteiger partial charge in [-0.1, -0.05) is 0 Å². The molecule has 2 rings (SSSR count). The molecule has 22 heavy (non-hydrogen) atoms. The van der Waals surface area contributed by atoms with E-state index in [1.807, 2.05) is 12.1 Å². The minimum absolute atomic E-state index is 0.0679. The van der Waals surface area contributed by atoms with E-state index < -0.39 is 0 Å². The molecule has 0 aliphatic rings. The SMILES string of the molecule is COc1cc(OC)c2nc(SN(C(C)C)C(C)(C)C)sc2c1. The Hall–Kier alpha value is -0.980. The van der Waals surface area contributed by atoms with Crippen LogP contribution in [0.5, 0.6) is 11.5 Å². The van der Waals surface area contributed by atoms with Crippen LogP contribution >= 0.6 is 23.3 Å². The molecule has 0 saturated heterocycles. The van der Waals surface area contributed by atoms with Crippen molar-refractivity contribution in [3.8, 4) is 11.5 Å². The Morgan fingerprint density at radius 1 is 1.18 bits per heavy atom. The highest BCUT2D eigenvalue weighted by Gasteiger charge is 2.26. The summed E-state index contributed by atoms with van der Waals surface area (Å²) in [6, 6.07) is 4.31. The van der Waals surface area contributed by atoms with E-state index in [0.717, 1.165) is 26.1 Å². The van der Waals surface area contributed by atoms with Crippen molar-refractivity contribution in [1.82, 2.24) is 9.29 Å². The van der Waals surface area contributed by atoms with Crippen LogP contribution in [0.15, 0.2) is 16.5 Å². The average molecular weight is 341 g/mol. The summed E-state index contributed by atoms with van der Waals surface area (Å²) < 4.78 is 15.2. The first-order valence-electron chi connectivity index (χ1n) is 7.26. The second-order valence-corrected chi connectivity index (χ2v) is 8.59. The smallest absolute Gasteiger partial charge is 0.166 e. The summed E-state index contributed by atoms with van der Waals surface area (Å²) in [5.41, 5.74) is 0.965. The van der Waals surface area contributed by atoms with Gasteiger partial charge in [-0.25, -0.2) is 9.29 Å². The summed E-state index contributed by atoms with van der Waals surface area (Å²) in [6.45, 7) is 11.1. The van der Waals surface area contributed by atoms with Crippen LogP contribution in [-0.4, -0.2) is 35.1 Å². The molecule has 4 nitrogen and oxygen atoms in total. The molecule has 0 atom stereocenters. The zero-order chi connectivity index (χ0) is 16.5. The molecule has 0 aliphatic heterocycles. The number of hydrogen-bond donors (Lipinski definition) is 0. The summed E-state index contributed by atoms with van der Waals surface area (Å²) in [7, 11) is 3.33. The molecule has 6 heteroatoms. The number of fused-ring (bicyclic) bond motifs is 1. The van der Waals surface area contributed by atoms with Crippen LogP contribution in [0.1, 0.15) is 34.6 Å². The van der Waals surface area contributed by atoms with Crippen LogP contribution in [0.2, 0.25) is 0 Å². The molecule has 0 aliphatic carbocycles. The lowest BCUT2D eigenvalue weighted by Gasteiger charge is -2.36. The van der Waals surface area contributed by atoms with Crippen molar-refractivity contribution in [1.29, 1.82) is 0 Å². The number of benzene rings is 1. The van der Waals surface area contributed by atoms with Crippen molar-refractivity contribution in [2.45, 2.75) is 50.5 Å². The van der Waals surface area contributed by atoms with Crippen molar-refractivity contribution in [3.05, 3.63) is 12.1 Å². The molecule has 1 aromatic heterocycles. The Kier molecular flexibility index (Phi) is 5.25. The molecule has 1 aromatic carbocycles. The lowest BCUT2D eigenvalue weighted by atomic mass is 10.1. The Morgan fingerprint density at radius 3 is 2.36 bits per heavy atom. The van der Waals surface area contributed by atoms with E-state index in [2.05, 4.69) is 38.9 Å². The lowest BCUT2D eigenvalue weighted by molar-refractivity contribution is 0.231. The predicted molar refractivity (Wildman–Crippen MR) is 95.3 cm³/mol. The van der Waals surface area contributed by atoms with Crippen molar-refractivity contribution < 1.29 is 9.47 Å². The Morgan fingerprint density at radius 2 is 1.86 bits per heavy atom. The summed E-state index contributed by atoms with van der Waals surface area (Å²) in [6.07, 6.45) is 0. The van der Waals surface area contributed by atoms with E-state index in [-0.39, 0.29) is 5.54 Å². The van der Waals surface area contributed by atoms with Crippen molar-refractivity contribution in [2.75, 3.05) is 14.2 Å². The highest BCUT2D eigenvalue weighted by Crippen LogP contribution is 2.40. The zero-order valence-corrected chi connectivity index (χ0v) is 15.9. The maximum atomic E-state index is 5.44. The molecule has 0 amide bonds. The first-order valence-corrected chi connectivity index (χ1v) is 8.85. The molecule has 1 heterocycles. The van der Waals surface area contributed by atoms with Crippen LogP contribution in [0.25, 0.3) is 10.2 Å². The maximum Gasteiger partial charge on any atom is 0.166 e. The molecule has 0 spiro atoms. The van der Waals surface area contributed by atoms with E-state index in [0.29, 0.717) is 6.04 Å². The van der Waals surface area contributed by atoms with E-state index >= 15 is 0 Å². The average Bonchev–Trinajstić information content (AvgIpc) is 2.84. The van der Waals surface area contributed by atoms with Crippen molar-refractivity contribution in [2.24, 2.45) is 0 Å². The standard InChI is InChI=1S/C16H24N2O2S2/c1-10(2)18(16(3,4)5)22-15-17-14-12(20-7)8-11(19-6)9-13(14)21-15/h8-10H,1-7H3. The largest absolute Gasteiger partial charge is 0.497 e. The van der Waals surface area contributed by atoms with Gasteiger partial charge in [0.1, 0.15) is 17.0 Å². The topological polar surface area (TPSA) is 34.6 Å². The molecule has 122 valence electrons. The van der Waals surface area contributed by atoms with Crippen LogP contribution in [0.4, 0.5) is 0 Å². The van der Waals surface area contributed by atoms with Crippen LogP contribution < -0.4 is 9.47 Å². The number of rotatable bonds is 5. The molecular formula is C16H24N2O2S2. The minimum Gasteiger partial charge on any atom is -0.497 e. The second-order valence-electron chi connectivity index (χ2n) is 6.34. The number of thiazole rings is 1. The highest BCUT2D eigenvalue weighted by atomic mass is 32.2. The third-order valence-electron chi connectivity index (χ3n) is 3.18. The van der Waals surface area contributed by atoms with Gasteiger partial charge in [0.05, 0.1) is 18.9 Å². The third kappa shape index (κ3) is 3.67. The van der Waals surface area contributed by atoms with Gasteiger partial charge >= 0.3 is 0 Å². The molecule has 0 unspecified atom stereocenters. The first kappa shape index (κ1) is 17.4. The zero-order valence-electron chi connectivity index (χ0n) is 14.3. The Balaban J connectivity index is 2.40. The van der Waals surface area contributed by atoms with E-state index in [1.54, 1.807) is 37.5 Å². The molecule has 0 fully saturated rings. The fourth-order valence-corrected chi connectivity index (χ4v) is 4.56. The maximum absolute atomic E-state index is 5.44. The third-order valence-corrected chi connectivity index (χ3v) is 5.86. The number of ether oxygens (including phenoxy) is 2. The van der Waals surface area contributed by atoms with E-state index in [1.165, 1.54) is 0 Å². The minimum atomic E-state index is 0.0679. The van der Waals surface area contributed by atoms with Gasteiger partial charge in [0.25, 0.3) is 0 Å². The van der Waals surface area contributed by atoms with Crippen LogP contribution in [0.3, 0.4) is 0 Å². The number of hydrogen-bond acceptors (Lipinski definition) is 6. The van der Waals surface area contributed by atoms with Gasteiger partial charge in [0, 0.05) is 17.6 Å². The summed E-state index contributed by atoms with van der Waals surface area (Å²) in [4.78, 5) is 4.75. The van der Waals surface area contributed by atoms with Crippen molar-refractivity contribution >= 4 is 33.5 Å². The summed E-state index contributed by atoms with van der Waals surface area (Å²) in [5.74, 6) is 1.55. The van der Waals surface area contributed by atoms with Crippen LogP contribution in [0, 0.1) is 0 Å². The van der Waals surface area contributed by atoms with E-state index in [9.17, 15) is 0 Å². The second kappa shape index (κ2) is 6.64. The molecule has 0 radical (unpaired) electrons. The Bertz CT molecular complexity index is 647. The van der Waals surface area contributed by atoms with Gasteiger partial charge in [0.15, 0.2) is 4.34 Å². The van der Waals surface area contributed by atoms with Gasteiger partial charge in [-0.05, 0) is 52.6 Å². The van der Waals surface area contributed by atoms with Gasteiger partial charge in [0.2, 0.25) is 0 Å². The fourth-order valence-electron chi connectivity index (χ4n) is 2.37. The lowest BCUT2D eigenvalue weighted by Crippen LogP contribution is -2.40. The van der Waals surface area contributed by atoms with Gasteiger partial charge in [-0.15, -0.1) is 11.3 Å². The van der Waals surface area contributed by atoms with Gasteiger partial charge < -0.3 is 9.47 Å². The normalized spacial score (nSPS) is 12.4. The quantitative estimate of drug-likeness (QED) is 0.728. The van der Waals surface area contributed by atoms with E-state index in [4.69, 9.17) is 14.5 Å². The highest BCUT2D eigenvalue weighted by molar-refractivity contribution is 7.99. The summed E-state index contributed by atoms with van der Waals surface area (Å²) in [5, 5.41) is 0. The molecular weight excluding hydrogens is 316 g/mol. The predicted octanol–water partition coefficient (Wildman–Crippen LogP) is 4.83. The number of nitrogens with zero attached hydrogens (tertiary/aromatic N) is 2. The van der Waals surface area contributed by atoms with Crippen molar-refractivity contribution in [3.63, 3.8) is 0 Å². The number of aromatic nitrogens is 1. The monoisotopic (exact) mass is 340 g/mol. The fraction of sp³-hybridized carbons (Fsp3) is 0.562. The van der Waals surface area contributed by atoms with Crippen LogP contribution in [-0.2, 0) is 0 Å². The van der Waals surface area contributed by atoms with Gasteiger partial charge in [-0.2, -0.15) is 0 Å². The van der Waals surface area contributed by atoms with Gasteiger partial charge in [-0.3, -0.25) is 0 Å². The Labute approximate surface area is 141 Å². The summed E-state index contributed by atoms with van der Waals surface area (Å²) >= 11 is 3.37. The molecule has 0 N–H and O–H groups in total.